The van der Waals surface area contributed by atoms with Crippen molar-refractivity contribution in [2.75, 3.05) is 13.4 Å². The van der Waals surface area contributed by atoms with Gasteiger partial charge in [0.25, 0.3) is 5.91 Å². The van der Waals surface area contributed by atoms with Crippen molar-refractivity contribution in [3.63, 3.8) is 0 Å². The number of nitrogens with zero attached hydrogens (tertiary/aromatic N) is 1. The van der Waals surface area contributed by atoms with Crippen molar-refractivity contribution in [1.82, 2.24) is 4.90 Å². The number of benzene rings is 2. The fraction of sp³-hybridized carbons (Fsp3) is 0.480. The van der Waals surface area contributed by atoms with Gasteiger partial charge in [0.2, 0.25) is 0 Å². The average molecular weight is 462 g/mol. The summed E-state index contributed by atoms with van der Waals surface area (Å²) < 4.78 is 33.4. The molecule has 0 aliphatic rings. The van der Waals surface area contributed by atoms with Gasteiger partial charge in [-0.15, -0.1) is 0 Å². The average Bonchev–Trinajstić information content (AvgIpc) is 2.74. The number of carbonyl (C=O) groups excluding carboxylic acids is 1. The van der Waals surface area contributed by atoms with E-state index >= 15 is 0 Å². The Hall–Kier alpha value is -2.54. The Labute approximate surface area is 192 Å². The van der Waals surface area contributed by atoms with Gasteiger partial charge in [0.05, 0.1) is 13.4 Å². The van der Waals surface area contributed by atoms with Gasteiger partial charge in [0.1, 0.15) is 0 Å². The van der Waals surface area contributed by atoms with E-state index in [4.69, 9.17) is 8.92 Å². The molecule has 2 rings (SSSR count). The number of aryl methyl sites for hydroxylation is 1. The number of rotatable bonds is 12. The fourth-order valence-electron chi connectivity index (χ4n) is 3.47. The van der Waals surface area contributed by atoms with Gasteiger partial charge >= 0.3 is 10.1 Å². The van der Waals surface area contributed by atoms with Crippen LogP contribution in [0.15, 0.2) is 42.5 Å². The van der Waals surface area contributed by atoms with Crippen LogP contribution in [0.3, 0.4) is 0 Å². The molecule has 0 aliphatic carbocycles. The third-order valence-corrected chi connectivity index (χ3v) is 5.71. The van der Waals surface area contributed by atoms with E-state index < -0.39 is 10.1 Å². The lowest BCUT2D eigenvalue weighted by molar-refractivity contribution is 0.0690. The Morgan fingerprint density at radius 2 is 1.62 bits per heavy atom. The third-order valence-electron chi connectivity index (χ3n) is 5.23. The molecular weight excluding hydrogens is 426 g/mol. The predicted octanol–water partition coefficient (Wildman–Crippen LogP) is 5.21. The molecule has 0 radical (unpaired) electrons. The lowest BCUT2D eigenvalue weighted by atomic mass is 10.0. The summed E-state index contributed by atoms with van der Waals surface area (Å²) in [5, 5.41) is 0. The summed E-state index contributed by atoms with van der Waals surface area (Å²) in [6.07, 6.45) is 6.87. The van der Waals surface area contributed by atoms with Crippen LogP contribution in [-0.4, -0.2) is 38.6 Å². The van der Waals surface area contributed by atoms with Crippen LogP contribution in [0.2, 0.25) is 0 Å². The van der Waals surface area contributed by atoms with Crippen LogP contribution in [0.4, 0.5) is 0 Å². The van der Waals surface area contributed by atoms with Crippen molar-refractivity contribution >= 4 is 16.0 Å². The molecule has 0 saturated carbocycles. The zero-order valence-corrected chi connectivity index (χ0v) is 20.6. The summed E-state index contributed by atoms with van der Waals surface area (Å²) in [5.41, 5.74) is 2.63. The maximum absolute atomic E-state index is 13.2. The van der Waals surface area contributed by atoms with Crippen LogP contribution in [0, 0.1) is 0 Å². The Bertz CT molecular complexity index is 984. The van der Waals surface area contributed by atoms with Gasteiger partial charge in [-0.2, -0.15) is 8.42 Å². The van der Waals surface area contributed by atoms with E-state index in [-0.39, 0.29) is 17.7 Å². The van der Waals surface area contributed by atoms with E-state index in [2.05, 4.69) is 6.92 Å². The Morgan fingerprint density at radius 3 is 2.19 bits per heavy atom. The first kappa shape index (κ1) is 25.7. The molecule has 0 saturated heterocycles. The Morgan fingerprint density at radius 1 is 0.969 bits per heavy atom. The van der Waals surface area contributed by atoms with E-state index in [0.29, 0.717) is 17.9 Å². The van der Waals surface area contributed by atoms with Crippen LogP contribution >= 0.6 is 0 Å². The van der Waals surface area contributed by atoms with E-state index in [9.17, 15) is 13.2 Å². The van der Waals surface area contributed by atoms with Crippen LogP contribution in [-0.2, 0) is 23.1 Å². The number of methoxy groups -OCH3 is 1. The highest BCUT2D eigenvalue weighted by Gasteiger charge is 2.20. The smallest absolute Gasteiger partial charge is 0.306 e. The van der Waals surface area contributed by atoms with Crippen molar-refractivity contribution in [3.8, 4) is 11.5 Å². The molecule has 32 heavy (non-hydrogen) atoms. The molecule has 7 heteroatoms. The monoisotopic (exact) mass is 461 g/mol. The predicted molar refractivity (Wildman–Crippen MR) is 128 cm³/mol. The molecule has 0 atom stereocenters. The highest BCUT2D eigenvalue weighted by molar-refractivity contribution is 7.86. The van der Waals surface area contributed by atoms with Crippen LogP contribution < -0.4 is 8.92 Å². The molecule has 176 valence electrons. The Kier molecular flexibility index (Phi) is 9.57. The Balaban J connectivity index is 2.16. The van der Waals surface area contributed by atoms with Gasteiger partial charge in [-0.05, 0) is 62.1 Å². The second-order valence-corrected chi connectivity index (χ2v) is 9.88. The number of amides is 1. The highest BCUT2D eigenvalue weighted by Crippen LogP contribution is 2.30. The zero-order chi connectivity index (χ0) is 23.7. The summed E-state index contributed by atoms with van der Waals surface area (Å²) >= 11 is 0. The summed E-state index contributed by atoms with van der Waals surface area (Å²) in [6.45, 7) is 6.43. The zero-order valence-electron chi connectivity index (χ0n) is 19.8. The minimum Gasteiger partial charge on any atom is -0.493 e. The molecule has 2 aromatic rings. The van der Waals surface area contributed by atoms with Gasteiger partial charge < -0.3 is 13.8 Å². The number of hydrogen-bond acceptors (Lipinski definition) is 5. The summed E-state index contributed by atoms with van der Waals surface area (Å²) in [5.74, 6) is 0.353. The molecule has 0 bridgehead atoms. The van der Waals surface area contributed by atoms with E-state index in [1.807, 2.05) is 38.1 Å². The summed E-state index contributed by atoms with van der Waals surface area (Å²) in [7, 11) is -2.26. The quantitative estimate of drug-likeness (QED) is 0.321. The largest absolute Gasteiger partial charge is 0.493 e. The van der Waals surface area contributed by atoms with Gasteiger partial charge in [0, 0.05) is 18.2 Å². The fourth-order valence-corrected chi connectivity index (χ4v) is 3.93. The molecule has 6 nitrogen and oxygen atoms in total. The van der Waals surface area contributed by atoms with Crippen LogP contribution in [0.1, 0.15) is 67.9 Å². The molecular formula is C25H35NO5S. The van der Waals surface area contributed by atoms with Crippen molar-refractivity contribution in [3.05, 3.63) is 59.2 Å². The molecule has 0 N–H and O–H groups in total. The highest BCUT2D eigenvalue weighted by atomic mass is 32.2. The van der Waals surface area contributed by atoms with Crippen molar-refractivity contribution in [1.29, 1.82) is 0 Å². The lowest BCUT2D eigenvalue weighted by Crippen LogP contribution is -2.36. The van der Waals surface area contributed by atoms with Crippen molar-refractivity contribution < 1.29 is 22.1 Å². The molecule has 0 heterocycles. The SMILES string of the molecule is CCCCCCc1ccc(C(=O)N(Cc2ccc(OC)c(OS(C)(=O)=O)c2)C(C)C)cc1. The minimum absolute atomic E-state index is 0.0439. The normalized spacial score (nSPS) is 11.4. The van der Waals surface area contributed by atoms with Crippen molar-refractivity contribution in [2.24, 2.45) is 0 Å². The standard InChI is InChI=1S/C25H35NO5S/c1-6-7-8-9-10-20-11-14-22(15-12-20)25(27)26(19(2)3)18-21-13-16-23(30-4)24(17-21)31-32(5,28)29/h11-17,19H,6-10,18H2,1-5H3. The lowest BCUT2D eigenvalue weighted by Gasteiger charge is -2.27. The molecule has 0 fully saturated rings. The van der Waals surface area contributed by atoms with E-state index in [0.717, 1.165) is 24.7 Å². The molecule has 0 spiro atoms. The first-order chi connectivity index (χ1) is 15.1. The minimum atomic E-state index is -3.71. The summed E-state index contributed by atoms with van der Waals surface area (Å²) in [6, 6.07) is 12.8. The maximum Gasteiger partial charge on any atom is 0.306 e. The van der Waals surface area contributed by atoms with Gasteiger partial charge in [-0.3, -0.25) is 4.79 Å². The molecule has 1 amide bonds. The summed E-state index contributed by atoms with van der Waals surface area (Å²) in [4.78, 5) is 15.0. The van der Waals surface area contributed by atoms with Crippen LogP contribution in [0.25, 0.3) is 0 Å². The van der Waals surface area contributed by atoms with E-state index in [1.165, 1.54) is 31.9 Å². The third kappa shape index (κ3) is 7.86. The first-order valence-corrected chi connectivity index (χ1v) is 12.9. The number of carbonyl (C=O) groups is 1. The first-order valence-electron chi connectivity index (χ1n) is 11.1. The number of ether oxygens (including phenoxy) is 1. The van der Waals surface area contributed by atoms with Gasteiger partial charge in [-0.25, -0.2) is 0 Å². The van der Waals surface area contributed by atoms with Gasteiger partial charge in [0.15, 0.2) is 11.5 Å². The number of hydrogen-bond donors (Lipinski definition) is 0. The topological polar surface area (TPSA) is 72.9 Å². The maximum atomic E-state index is 13.2. The van der Waals surface area contributed by atoms with Crippen LogP contribution in [0.5, 0.6) is 11.5 Å². The molecule has 0 aliphatic heterocycles. The molecule has 0 aromatic heterocycles. The second kappa shape index (κ2) is 11.9. The number of unbranched alkanes of at least 4 members (excludes halogenated alkanes) is 3. The van der Waals surface area contributed by atoms with Gasteiger partial charge in [-0.1, -0.05) is 44.4 Å². The molecule has 0 unspecified atom stereocenters. The van der Waals surface area contributed by atoms with Crippen molar-refractivity contribution in [2.45, 2.75) is 65.5 Å². The molecule has 2 aromatic carbocycles. The van der Waals surface area contributed by atoms with E-state index in [1.54, 1.807) is 23.1 Å². The second-order valence-electron chi connectivity index (χ2n) is 8.31.